The Kier molecular flexibility index (Phi) is 72.2. The lowest BCUT2D eigenvalue weighted by molar-refractivity contribution is -0.161. The van der Waals surface area contributed by atoms with Crippen molar-refractivity contribution in [2.24, 2.45) is 11.8 Å². The zero-order valence-corrected chi connectivity index (χ0v) is 68.0. The molecule has 0 aromatic carbocycles. The van der Waals surface area contributed by atoms with Crippen LogP contribution in [-0.2, 0) is 65.4 Å². The van der Waals surface area contributed by atoms with Gasteiger partial charge in [0.2, 0.25) is 0 Å². The van der Waals surface area contributed by atoms with Gasteiger partial charge in [0.1, 0.15) is 19.3 Å². The number of unbranched alkanes of at least 4 members (excludes halogenated alkanes) is 51. The third-order valence-corrected chi connectivity index (χ3v) is 21.1. The molecular weight excluding hydrogens is 1320 g/mol. The van der Waals surface area contributed by atoms with Crippen LogP contribution >= 0.6 is 15.6 Å². The second-order valence-corrected chi connectivity index (χ2v) is 33.4. The Balaban J connectivity index is 5.23. The first kappa shape index (κ1) is 99.1. The van der Waals surface area contributed by atoms with Gasteiger partial charge in [-0.3, -0.25) is 37.3 Å². The summed E-state index contributed by atoms with van der Waals surface area (Å²) >= 11 is 0. The Hall–Kier alpha value is -1.94. The molecule has 0 aromatic heterocycles. The van der Waals surface area contributed by atoms with Gasteiger partial charge in [-0.05, 0) is 37.5 Å². The summed E-state index contributed by atoms with van der Waals surface area (Å²) < 4.78 is 68.8. The Morgan fingerprint density at radius 3 is 0.673 bits per heavy atom. The van der Waals surface area contributed by atoms with Crippen LogP contribution < -0.4 is 0 Å². The van der Waals surface area contributed by atoms with Gasteiger partial charge in [0.05, 0.1) is 26.4 Å². The lowest BCUT2D eigenvalue weighted by Crippen LogP contribution is -2.30. The summed E-state index contributed by atoms with van der Waals surface area (Å²) in [6.45, 7) is 9.67. The van der Waals surface area contributed by atoms with Crippen molar-refractivity contribution in [1.29, 1.82) is 0 Å². The van der Waals surface area contributed by atoms with Crippen molar-refractivity contribution in [3.63, 3.8) is 0 Å². The van der Waals surface area contributed by atoms with Gasteiger partial charge in [0.15, 0.2) is 12.2 Å². The fourth-order valence-corrected chi connectivity index (χ4v) is 14.3. The average molecular weight is 1480 g/mol. The second-order valence-electron chi connectivity index (χ2n) is 30.5. The maximum absolute atomic E-state index is 13.1. The van der Waals surface area contributed by atoms with Crippen LogP contribution in [0.5, 0.6) is 0 Å². The highest BCUT2D eigenvalue weighted by molar-refractivity contribution is 7.47. The minimum Gasteiger partial charge on any atom is -0.462 e. The topological polar surface area (TPSA) is 237 Å². The number of aliphatic hydroxyl groups is 1. The van der Waals surface area contributed by atoms with Gasteiger partial charge in [0.25, 0.3) is 0 Å². The normalized spacial score (nSPS) is 13.9. The molecule has 0 saturated carbocycles. The number of esters is 4. The monoisotopic (exact) mass is 1480 g/mol. The molecule has 0 aliphatic rings. The van der Waals surface area contributed by atoms with E-state index in [9.17, 15) is 43.2 Å². The summed E-state index contributed by atoms with van der Waals surface area (Å²) in [6, 6.07) is 0. The molecule has 0 aliphatic carbocycles. The second kappa shape index (κ2) is 73.6. The molecule has 0 amide bonds. The fourth-order valence-electron chi connectivity index (χ4n) is 12.7. The third kappa shape index (κ3) is 76.1. The molecule has 0 aromatic rings. The smallest absolute Gasteiger partial charge is 0.462 e. The minimum absolute atomic E-state index is 0.107. The van der Waals surface area contributed by atoms with Crippen LogP contribution in [0.3, 0.4) is 0 Å². The fraction of sp³-hybridized carbons (Fsp3) is 0.951. The Morgan fingerprint density at radius 2 is 0.455 bits per heavy atom. The lowest BCUT2D eigenvalue weighted by Gasteiger charge is -2.21. The zero-order valence-electron chi connectivity index (χ0n) is 66.2. The van der Waals surface area contributed by atoms with Crippen molar-refractivity contribution in [3.8, 4) is 0 Å². The van der Waals surface area contributed by atoms with Crippen LogP contribution in [0.15, 0.2) is 0 Å². The van der Waals surface area contributed by atoms with Crippen molar-refractivity contribution in [2.45, 2.75) is 452 Å². The van der Waals surface area contributed by atoms with Crippen molar-refractivity contribution in [3.05, 3.63) is 0 Å². The van der Waals surface area contributed by atoms with Crippen molar-refractivity contribution in [2.75, 3.05) is 39.6 Å². The first-order valence-corrected chi connectivity index (χ1v) is 45.5. The van der Waals surface area contributed by atoms with Gasteiger partial charge in [0, 0.05) is 25.7 Å². The molecule has 0 rings (SSSR count). The standard InChI is InChI=1S/C82H160O17P2/c1-7-9-11-13-15-17-19-21-30-34-41-47-53-59-65-80(85)93-70-77(98-81(86)66-60-54-48-42-35-31-27-25-23-22-24-26-29-32-38-44-50-56-62-74(3)4)72-96-100(88,89)94-68-76(83)69-95-101(90,91)97-73-78(99-82(87)67-61-55-49-43-37-36-39-45-51-57-63-75(5)6)71-92-79(84)64-58-52-46-40-33-28-20-18-16-14-12-10-8-2/h74-78,83H,7-73H2,1-6H3,(H,88,89)(H,90,91)/t76-,77-,78-/m1/s1. The summed E-state index contributed by atoms with van der Waals surface area (Å²) in [5.74, 6) is -0.533. The van der Waals surface area contributed by atoms with E-state index in [0.29, 0.717) is 25.7 Å². The number of aliphatic hydroxyl groups excluding tert-OH is 1. The van der Waals surface area contributed by atoms with E-state index in [-0.39, 0.29) is 25.7 Å². The molecule has 101 heavy (non-hydrogen) atoms. The molecule has 5 atom stereocenters. The van der Waals surface area contributed by atoms with Crippen molar-refractivity contribution in [1.82, 2.24) is 0 Å². The molecule has 0 bridgehead atoms. The Labute approximate surface area is 619 Å². The van der Waals surface area contributed by atoms with E-state index in [1.54, 1.807) is 0 Å². The van der Waals surface area contributed by atoms with Crippen LogP contribution in [-0.4, -0.2) is 96.7 Å². The molecule has 600 valence electrons. The third-order valence-electron chi connectivity index (χ3n) is 19.2. The first-order valence-electron chi connectivity index (χ1n) is 42.5. The number of rotatable bonds is 81. The van der Waals surface area contributed by atoms with E-state index in [2.05, 4.69) is 41.5 Å². The number of phosphoric ester groups is 2. The summed E-state index contributed by atoms with van der Waals surface area (Å²) in [5, 5.41) is 10.6. The number of hydrogen-bond donors (Lipinski definition) is 3. The first-order chi connectivity index (χ1) is 48.9. The number of phosphoric acid groups is 2. The SMILES string of the molecule is CCCCCCCCCCCCCCCCC(=O)OC[C@H](COP(=O)(O)OC[C@@H](O)COP(=O)(O)OC[C@@H](COC(=O)CCCCCCCCCCCCCCC)OC(=O)CCCCCCCCCCCCC(C)C)OC(=O)CCCCCCCCCCCCCCCCCCCCC(C)C. The lowest BCUT2D eigenvalue weighted by atomic mass is 10.0. The molecule has 0 radical (unpaired) electrons. The van der Waals surface area contributed by atoms with Gasteiger partial charge in [-0.15, -0.1) is 0 Å². The van der Waals surface area contributed by atoms with Crippen LogP contribution in [0.4, 0.5) is 0 Å². The molecular formula is C82H160O17P2. The van der Waals surface area contributed by atoms with Gasteiger partial charge >= 0.3 is 39.5 Å². The van der Waals surface area contributed by atoms with Crippen LogP contribution in [0.2, 0.25) is 0 Å². The predicted octanol–water partition coefficient (Wildman–Crippen LogP) is 24.7. The highest BCUT2D eigenvalue weighted by Crippen LogP contribution is 2.45. The highest BCUT2D eigenvalue weighted by Gasteiger charge is 2.30. The molecule has 17 nitrogen and oxygen atoms in total. The predicted molar refractivity (Wildman–Crippen MR) is 414 cm³/mol. The number of carbonyl (C=O) groups is 4. The molecule has 0 heterocycles. The zero-order chi connectivity index (χ0) is 74.2. The molecule has 0 fully saturated rings. The van der Waals surface area contributed by atoms with Crippen LogP contribution in [0, 0.1) is 11.8 Å². The summed E-state index contributed by atoms with van der Waals surface area (Å²) in [4.78, 5) is 73.1. The van der Waals surface area contributed by atoms with E-state index in [4.69, 9.17) is 37.0 Å². The molecule has 0 saturated heterocycles. The molecule has 0 spiro atoms. The van der Waals surface area contributed by atoms with Crippen molar-refractivity contribution < 1.29 is 80.2 Å². The maximum atomic E-state index is 13.1. The van der Waals surface area contributed by atoms with Gasteiger partial charge < -0.3 is 33.8 Å². The molecule has 2 unspecified atom stereocenters. The van der Waals surface area contributed by atoms with E-state index in [1.807, 2.05) is 0 Å². The molecule has 0 aliphatic heterocycles. The molecule has 3 N–H and O–H groups in total. The van der Waals surface area contributed by atoms with Crippen molar-refractivity contribution >= 4 is 39.5 Å². The van der Waals surface area contributed by atoms with Crippen LogP contribution in [0.25, 0.3) is 0 Å². The largest absolute Gasteiger partial charge is 0.472 e. The van der Waals surface area contributed by atoms with E-state index in [1.165, 1.54) is 250 Å². The van der Waals surface area contributed by atoms with Crippen LogP contribution in [0.1, 0.15) is 433 Å². The Morgan fingerprint density at radius 1 is 0.267 bits per heavy atom. The number of ether oxygens (including phenoxy) is 4. The summed E-state index contributed by atoms with van der Waals surface area (Å²) in [5.41, 5.74) is 0. The van der Waals surface area contributed by atoms with Gasteiger partial charge in [-0.2, -0.15) is 0 Å². The molecule has 19 heteroatoms. The minimum atomic E-state index is -4.96. The summed E-state index contributed by atoms with van der Waals surface area (Å²) in [6.07, 6.45) is 63.7. The summed E-state index contributed by atoms with van der Waals surface area (Å²) in [7, 11) is -9.92. The van der Waals surface area contributed by atoms with E-state index < -0.39 is 97.5 Å². The highest BCUT2D eigenvalue weighted by atomic mass is 31.2. The van der Waals surface area contributed by atoms with Gasteiger partial charge in [-0.1, -0.05) is 382 Å². The average Bonchev–Trinajstić information content (AvgIpc) is 0.959. The number of hydrogen-bond acceptors (Lipinski definition) is 15. The van der Waals surface area contributed by atoms with Gasteiger partial charge in [-0.25, -0.2) is 9.13 Å². The Bertz CT molecular complexity index is 1940. The maximum Gasteiger partial charge on any atom is 0.472 e. The van der Waals surface area contributed by atoms with E-state index >= 15 is 0 Å². The quantitative estimate of drug-likeness (QED) is 0.0222. The van der Waals surface area contributed by atoms with E-state index in [0.717, 1.165) is 102 Å². The number of carbonyl (C=O) groups excluding carboxylic acids is 4.